The fourth-order valence-electron chi connectivity index (χ4n) is 1.96. The molecule has 1 aliphatic rings. The molecule has 1 fully saturated rings. The molecular weight excluding hydrogens is 240 g/mol. The van der Waals surface area contributed by atoms with Gasteiger partial charge < -0.3 is 10.0 Å². The number of amides is 1. The third-order valence-electron chi connectivity index (χ3n) is 2.86. The standard InChI is InChI=1S/C10H16N4O2S/c15-7-6-13-2-1-3-14(5-4-13)10(16)9-8-11-12-17-9/h8,15H,1-7H2. The molecule has 7 heteroatoms. The maximum atomic E-state index is 12.1. The zero-order chi connectivity index (χ0) is 12.1. The van der Waals surface area contributed by atoms with E-state index in [1.54, 1.807) is 0 Å². The molecule has 2 heterocycles. The van der Waals surface area contributed by atoms with E-state index in [0.717, 1.165) is 37.6 Å². The molecule has 1 saturated heterocycles. The maximum Gasteiger partial charge on any atom is 0.267 e. The monoisotopic (exact) mass is 256 g/mol. The van der Waals surface area contributed by atoms with E-state index in [4.69, 9.17) is 5.11 Å². The second kappa shape index (κ2) is 6.04. The summed E-state index contributed by atoms with van der Waals surface area (Å²) in [7, 11) is 0. The Bertz CT molecular complexity index is 357. The molecule has 1 aromatic heterocycles. The van der Waals surface area contributed by atoms with Gasteiger partial charge in [0.05, 0.1) is 12.8 Å². The minimum Gasteiger partial charge on any atom is -0.395 e. The average Bonchev–Trinajstić information content (AvgIpc) is 2.76. The zero-order valence-corrected chi connectivity index (χ0v) is 10.4. The number of hydrogen-bond acceptors (Lipinski definition) is 6. The van der Waals surface area contributed by atoms with E-state index in [-0.39, 0.29) is 12.5 Å². The number of rotatable bonds is 3. The largest absolute Gasteiger partial charge is 0.395 e. The Morgan fingerprint density at radius 1 is 1.41 bits per heavy atom. The van der Waals surface area contributed by atoms with Crippen LogP contribution in [0.25, 0.3) is 0 Å². The van der Waals surface area contributed by atoms with Gasteiger partial charge in [0.2, 0.25) is 0 Å². The molecule has 17 heavy (non-hydrogen) atoms. The quantitative estimate of drug-likeness (QED) is 0.802. The van der Waals surface area contributed by atoms with Gasteiger partial charge in [0.1, 0.15) is 4.88 Å². The molecule has 0 spiro atoms. The van der Waals surface area contributed by atoms with E-state index in [2.05, 4.69) is 14.5 Å². The molecule has 2 rings (SSSR count). The third kappa shape index (κ3) is 3.21. The first kappa shape index (κ1) is 12.4. The summed E-state index contributed by atoms with van der Waals surface area (Å²) in [6, 6.07) is 0. The van der Waals surface area contributed by atoms with Crippen molar-refractivity contribution < 1.29 is 9.90 Å². The van der Waals surface area contributed by atoms with Gasteiger partial charge >= 0.3 is 0 Å². The predicted octanol–water partition coefficient (Wildman–Crippen LogP) is -0.322. The first-order chi connectivity index (χ1) is 8.31. The van der Waals surface area contributed by atoms with E-state index >= 15 is 0 Å². The summed E-state index contributed by atoms with van der Waals surface area (Å²) >= 11 is 1.14. The molecule has 1 amide bonds. The van der Waals surface area contributed by atoms with Gasteiger partial charge in [-0.05, 0) is 24.5 Å². The summed E-state index contributed by atoms with van der Waals surface area (Å²) in [6.45, 7) is 4.08. The van der Waals surface area contributed by atoms with Crippen molar-refractivity contribution in [2.24, 2.45) is 0 Å². The third-order valence-corrected chi connectivity index (χ3v) is 3.52. The number of carbonyl (C=O) groups excluding carboxylic acids is 1. The second-order valence-corrected chi connectivity index (χ2v) is 4.78. The van der Waals surface area contributed by atoms with Crippen molar-refractivity contribution in [2.75, 3.05) is 39.3 Å². The number of hydrogen-bond donors (Lipinski definition) is 1. The maximum absolute atomic E-state index is 12.1. The van der Waals surface area contributed by atoms with Crippen LogP contribution in [0.2, 0.25) is 0 Å². The highest BCUT2D eigenvalue weighted by Crippen LogP contribution is 2.10. The fraction of sp³-hybridized carbons (Fsp3) is 0.700. The molecule has 0 aromatic carbocycles. The van der Waals surface area contributed by atoms with E-state index in [9.17, 15) is 4.79 Å². The van der Waals surface area contributed by atoms with E-state index in [1.807, 2.05) is 4.90 Å². The molecule has 0 saturated carbocycles. The van der Waals surface area contributed by atoms with Crippen LogP contribution in [0.1, 0.15) is 16.1 Å². The Balaban J connectivity index is 1.92. The van der Waals surface area contributed by atoms with E-state index in [0.29, 0.717) is 18.0 Å². The Morgan fingerprint density at radius 2 is 2.29 bits per heavy atom. The van der Waals surface area contributed by atoms with Crippen LogP contribution in [0, 0.1) is 0 Å². The fourth-order valence-corrected chi connectivity index (χ4v) is 2.44. The molecule has 94 valence electrons. The lowest BCUT2D eigenvalue weighted by Crippen LogP contribution is -2.35. The van der Waals surface area contributed by atoms with Crippen LogP contribution in [0.3, 0.4) is 0 Å². The Kier molecular flexibility index (Phi) is 4.41. The second-order valence-electron chi connectivity index (χ2n) is 3.99. The number of nitrogens with zero attached hydrogens (tertiary/aromatic N) is 4. The van der Waals surface area contributed by atoms with Gasteiger partial charge in [0.15, 0.2) is 0 Å². The summed E-state index contributed by atoms with van der Waals surface area (Å²) < 4.78 is 3.71. The Hall–Kier alpha value is -1.05. The van der Waals surface area contributed by atoms with E-state index < -0.39 is 0 Å². The van der Waals surface area contributed by atoms with Crippen molar-refractivity contribution in [2.45, 2.75) is 6.42 Å². The predicted molar refractivity (Wildman–Crippen MR) is 64.0 cm³/mol. The Morgan fingerprint density at radius 3 is 3.00 bits per heavy atom. The van der Waals surface area contributed by atoms with Crippen LogP contribution in [0.5, 0.6) is 0 Å². The minimum absolute atomic E-state index is 0.0193. The average molecular weight is 256 g/mol. The number of aliphatic hydroxyl groups excluding tert-OH is 1. The highest BCUT2D eigenvalue weighted by Gasteiger charge is 2.21. The summed E-state index contributed by atoms with van der Waals surface area (Å²) in [5, 5.41) is 12.6. The first-order valence-electron chi connectivity index (χ1n) is 5.71. The minimum atomic E-state index is 0.0193. The highest BCUT2D eigenvalue weighted by molar-refractivity contribution is 7.07. The molecule has 0 bridgehead atoms. The van der Waals surface area contributed by atoms with Crippen molar-refractivity contribution in [1.82, 2.24) is 19.4 Å². The van der Waals surface area contributed by atoms with Gasteiger partial charge in [-0.1, -0.05) is 4.49 Å². The lowest BCUT2D eigenvalue weighted by Gasteiger charge is -2.20. The lowest BCUT2D eigenvalue weighted by molar-refractivity contribution is 0.0765. The molecule has 0 unspecified atom stereocenters. The molecule has 0 aliphatic carbocycles. The topological polar surface area (TPSA) is 69.6 Å². The number of carbonyl (C=O) groups is 1. The molecule has 1 aliphatic heterocycles. The summed E-state index contributed by atoms with van der Waals surface area (Å²) in [4.78, 5) is 16.7. The Labute approximate surface area is 104 Å². The van der Waals surface area contributed by atoms with Crippen molar-refractivity contribution >= 4 is 17.4 Å². The van der Waals surface area contributed by atoms with Crippen molar-refractivity contribution in [3.8, 4) is 0 Å². The van der Waals surface area contributed by atoms with Crippen LogP contribution < -0.4 is 0 Å². The van der Waals surface area contributed by atoms with Crippen LogP contribution in [-0.4, -0.2) is 69.7 Å². The molecular formula is C10H16N4O2S. The summed E-state index contributed by atoms with van der Waals surface area (Å²) in [5.41, 5.74) is 0. The molecule has 1 aromatic rings. The molecule has 0 atom stereocenters. The number of β-amino-alcohol motifs (C(OH)–C–C–N with tert-alkyl or cyclic N) is 1. The van der Waals surface area contributed by atoms with Crippen molar-refractivity contribution in [3.05, 3.63) is 11.1 Å². The SMILES string of the molecule is O=C(c1cnns1)N1CCCN(CCO)CC1. The van der Waals surface area contributed by atoms with E-state index in [1.165, 1.54) is 6.20 Å². The van der Waals surface area contributed by atoms with Crippen LogP contribution in [0.4, 0.5) is 0 Å². The molecule has 0 radical (unpaired) electrons. The van der Waals surface area contributed by atoms with Gasteiger partial charge in [-0.3, -0.25) is 9.69 Å². The smallest absolute Gasteiger partial charge is 0.267 e. The highest BCUT2D eigenvalue weighted by atomic mass is 32.1. The van der Waals surface area contributed by atoms with Crippen LogP contribution in [0.15, 0.2) is 6.20 Å². The van der Waals surface area contributed by atoms with Crippen LogP contribution >= 0.6 is 11.5 Å². The van der Waals surface area contributed by atoms with Gasteiger partial charge in [-0.25, -0.2) is 0 Å². The van der Waals surface area contributed by atoms with Gasteiger partial charge in [-0.15, -0.1) is 5.10 Å². The zero-order valence-electron chi connectivity index (χ0n) is 9.58. The molecule has 1 N–H and O–H groups in total. The molecule has 6 nitrogen and oxygen atoms in total. The normalized spacial score (nSPS) is 18.1. The van der Waals surface area contributed by atoms with Gasteiger partial charge in [-0.2, -0.15) is 0 Å². The van der Waals surface area contributed by atoms with Gasteiger partial charge in [0, 0.05) is 26.2 Å². The van der Waals surface area contributed by atoms with Gasteiger partial charge in [0.25, 0.3) is 5.91 Å². The lowest BCUT2D eigenvalue weighted by atomic mass is 10.3. The van der Waals surface area contributed by atoms with Crippen molar-refractivity contribution in [1.29, 1.82) is 0 Å². The number of aromatic nitrogens is 2. The first-order valence-corrected chi connectivity index (χ1v) is 6.48. The van der Waals surface area contributed by atoms with Crippen LogP contribution in [-0.2, 0) is 0 Å². The summed E-state index contributed by atoms with van der Waals surface area (Å²) in [5.74, 6) is 0.0193. The summed E-state index contributed by atoms with van der Waals surface area (Å²) in [6.07, 6.45) is 2.46. The van der Waals surface area contributed by atoms with Crippen molar-refractivity contribution in [3.63, 3.8) is 0 Å². The number of aliphatic hydroxyl groups is 1.